The van der Waals surface area contributed by atoms with Gasteiger partial charge in [0.25, 0.3) is 17.7 Å². The second-order valence-electron chi connectivity index (χ2n) is 12.0. The Balaban J connectivity index is 1.31. The van der Waals surface area contributed by atoms with Crippen LogP contribution < -0.4 is 16.0 Å². The molecule has 6 rings (SSSR count). The molecule has 12 heteroatoms. The van der Waals surface area contributed by atoms with Gasteiger partial charge in [-0.3, -0.25) is 14.4 Å². The SMILES string of the molecule is Cc1c(C(=O)O)ccc2c1CC[C@@H]2NC(=O)c1cc(C(=O)NCC2CCCCCC2)nc2c(C(=O)Nc3ccc(Cl)cc3)cnn12. The van der Waals surface area contributed by atoms with Crippen molar-refractivity contribution in [3.8, 4) is 0 Å². The molecular formula is C34H35ClN6O5. The number of rotatable bonds is 8. The Hall–Kier alpha value is -4.77. The molecule has 1 fully saturated rings. The largest absolute Gasteiger partial charge is 0.478 e. The summed E-state index contributed by atoms with van der Waals surface area (Å²) in [6.07, 6.45) is 9.30. The molecule has 2 aromatic heterocycles. The lowest BCUT2D eigenvalue weighted by atomic mass is 9.98. The fraction of sp³-hybridized carbons (Fsp3) is 0.353. The molecule has 0 spiro atoms. The van der Waals surface area contributed by atoms with Crippen LogP contribution in [-0.4, -0.2) is 49.9 Å². The zero-order valence-corrected chi connectivity index (χ0v) is 26.2. The lowest BCUT2D eigenvalue weighted by Gasteiger charge is -2.17. The topological polar surface area (TPSA) is 155 Å². The Morgan fingerprint density at radius 2 is 1.67 bits per heavy atom. The molecule has 1 saturated carbocycles. The van der Waals surface area contributed by atoms with Gasteiger partial charge < -0.3 is 21.1 Å². The molecule has 0 bridgehead atoms. The van der Waals surface area contributed by atoms with Crippen LogP contribution in [0, 0.1) is 12.8 Å². The molecule has 3 amide bonds. The van der Waals surface area contributed by atoms with Crippen LogP contribution in [0.3, 0.4) is 0 Å². The number of nitrogens with one attached hydrogen (secondary N) is 3. The van der Waals surface area contributed by atoms with Crippen molar-refractivity contribution in [1.82, 2.24) is 25.2 Å². The van der Waals surface area contributed by atoms with Gasteiger partial charge in [0, 0.05) is 23.3 Å². The summed E-state index contributed by atoms with van der Waals surface area (Å²) in [5, 5.41) is 23.2. The predicted molar refractivity (Wildman–Crippen MR) is 173 cm³/mol. The number of aromatic nitrogens is 3. The molecule has 46 heavy (non-hydrogen) atoms. The third-order valence-corrected chi connectivity index (χ3v) is 9.29. The van der Waals surface area contributed by atoms with E-state index in [1.54, 1.807) is 43.3 Å². The quantitative estimate of drug-likeness (QED) is 0.178. The average molecular weight is 643 g/mol. The maximum absolute atomic E-state index is 13.9. The van der Waals surface area contributed by atoms with Crippen molar-refractivity contribution in [3.63, 3.8) is 0 Å². The first-order valence-electron chi connectivity index (χ1n) is 15.6. The van der Waals surface area contributed by atoms with Crippen molar-refractivity contribution < 1.29 is 24.3 Å². The number of hydrogen-bond acceptors (Lipinski definition) is 6. The number of carbonyl (C=O) groups excluding carboxylic acids is 3. The van der Waals surface area contributed by atoms with E-state index in [-0.39, 0.29) is 34.2 Å². The second kappa shape index (κ2) is 13.3. The molecule has 0 aliphatic heterocycles. The molecule has 2 aromatic carbocycles. The second-order valence-corrected chi connectivity index (χ2v) is 12.5. The summed E-state index contributed by atoms with van der Waals surface area (Å²) < 4.78 is 1.27. The zero-order chi connectivity index (χ0) is 32.4. The number of carbonyl (C=O) groups is 4. The summed E-state index contributed by atoms with van der Waals surface area (Å²) in [5.41, 5.74) is 3.38. The van der Waals surface area contributed by atoms with E-state index in [1.165, 1.54) is 29.6 Å². The molecule has 0 radical (unpaired) electrons. The lowest BCUT2D eigenvalue weighted by molar-refractivity contribution is 0.0695. The van der Waals surface area contributed by atoms with Gasteiger partial charge in [-0.2, -0.15) is 5.10 Å². The third kappa shape index (κ3) is 6.46. The predicted octanol–water partition coefficient (Wildman–Crippen LogP) is 5.76. The Morgan fingerprint density at radius 3 is 2.39 bits per heavy atom. The Bertz CT molecular complexity index is 1830. The summed E-state index contributed by atoms with van der Waals surface area (Å²) in [4.78, 5) is 56.8. The molecule has 11 nitrogen and oxygen atoms in total. The van der Waals surface area contributed by atoms with Crippen LogP contribution in [0.4, 0.5) is 5.69 Å². The fourth-order valence-electron chi connectivity index (χ4n) is 6.52. The van der Waals surface area contributed by atoms with E-state index >= 15 is 0 Å². The number of hydrogen-bond donors (Lipinski definition) is 4. The summed E-state index contributed by atoms with van der Waals surface area (Å²) in [6.45, 7) is 2.28. The van der Waals surface area contributed by atoms with Gasteiger partial charge >= 0.3 is 5.97 Å². The minimum atomic E-state index is -0.994. The summed E-state index contributed by atoms with van der Waals surface area (Å²) >= 11 is 5.98. The van der Waals surface area contributed by atoms with Gasteiger partial charge in [-0.15, -0.1) is 0 Å². The van der Waals surface area contributed by atoms with Gasteiger partial charge in [-0.05, 0) is 85.5 Å². The highest BCUT2D eigenvalue weighted by Gasteiger charge is 2.30. The average Bonchev–Trinajstić information content (AvgIpc) is 3.56. The molecule has 4 aromatic rings. The first-order chi connectivity index (χ1) is 22.2. The molecule has 0 saturated heterocycles. The smallest absolute Gasteiger partial charge is 0.335 e. The summed E-state index contributed by atoms with van der Waals surface area (Å²) in [5.74, 6) is -2.07. The minimum absolute atomic E-state index is 0.00100. The Morgan fingerprint density at radius 1 is 0.935 bits per heavy atom. The Labute approximate surface area is 270 Å². The van der Waals surface area contributed by atoms with Crippen molar-refractivity contribution in [2.24, 2.45) is 5.92 Å². The minimum Gasteiger partial charge on any atom is -0.478 e. The molecular weight excluding hydrogens is 608 g/mol. The van der Waals surface area contributed by atoms with E-state index in [2.05, 4.69) is 26.0 Å². The first-order valence-corrected chi connectivity index (χ1v) is 16.0. The number of halogens is 1. The van der Waals surface area contributed by atoms with Crippen LogP contribution in [0.25, 0.3) is 5.65 Å². The number of fused-ring (bicyclic) bond motifs is 2. The van der Waals surface area contributed by atoms with Gasteiger partial charge in [0.05, 0.1) is 17.8 Å². The fourth-order valence-corrected chi connectivity index (χ4v) is 6.65. The van der Waals surface area contributed by atoms with Gasteiger partial charge in [0.1, 0.15) is 17.0 Å². The molecule has 238 valence electrons. The summed E-state index contributed by atoms with van der Waals surface area (Å²) in [7, 11) is 0. The number of aromatic carboxylic acids is 1. The third-order valence-electron chi connectivity index (χ3n) is 9.04. The highest BCUT2D eigenvalue weighted by molar-refractivity contribution is 6.30. The van der Waals surface area contributed by atoms with Gasteiger partial charge in [-0.25, -0.2) is 14.3 Å². The zero-order valence-electron chi connectivity index (χ0n) is 25.4. The van der Waals surface area contributed by atoms with Crippen LogP contribution in [0.5, 0.6) is 0 Å². The van der Waals surface area contributed by atoms with Gasteiger partial charge in [-0.1, -0.05) is 43.4 Å². The van der Waals surface area contributed by atoms with Crippen LogP contribution in [-0.2, 0) is 6.42 Å². The summed E-state index contributed by atoms with van der Waals surface area (Å²) in [6, 6.07) is 10.9. The van der Waals surface area contributed by atoms with Crippen LogP contribution >= 0.6 is 11.6 Å². The van der Waals surface area contributed by atoms with Crippen molar-refractivity contribution in [1.29, 1.82) is 0 Å². The monoisotopic (exact) mass is 642 g/mol. The van der Waals surface area contributed by atoms with E-state index in [1.807, 2.05) is 0 Å². The van der Waals surface area contributed by atoms with E-state index in [0.717, 1.165) is 36.8 Å². The van der Waals surface area contributed by atoms with E-state index in [0.29, 0.717) is 41.6 Å². The molecule has 2 aliphatic carbocycles. The van der Waals surface area contributed by atoms with E-state index in [9.17, 15) is 24.3 Å². The number of carboxylic acids is 1. The lowest BCUT2D eigenvalue weighted by Crippen LogP contribution is -2.32. The molecule has 4 N–H and O–H groups in total. The van der Waals surface area contributed by atoms with Crippen molar-refractivity contribution >= 4 is 46.6 Å². The van der Waals surface area contributed by atoms with Crippen LogP contribution in [0.15, 0.2) is 48.7 Å². The van der Waals surface area contributed by atoms with Crippen molar-refractivity contribution in [2.75, 3.05) is 11.9 Å². The van der Waals surface area contributed by atoms with E-state index in [4.69, 9.17) is 11.6 Å². The van der Waals surface area contributed by atoms with Crippen molar-refractivity contribution in [2.45, 2.75) is 64.3 Å². The highest BCUT2D eigenvalue weighted by Crippen LogP contribution is 2.35. The normalized spacial score (nSPS) is 16.4. The molecule has 2 aliphatic rings. The first kappa shape index (κ1) is 31.2. The Kier molecular flexibility index (Phi) is 9.03. The molecule has 1 atom stereocenters. The number of anilines is 1. The number of benzene rings is 2. The number of carboxylic acid groups (broad SMARTS) is 1. The maximum Gasteiger partial charge on any atom is 0.335 e. The number of nitrogens with zero attached hydrogens (tertiary/aromatic N) is 3. The van der Waals surface area contributed by atoms with E-state index < -0.39 is 23.7 Å². The molecule has 2 heterocycles. The van der Waals surface area contributed by atoms with Crippen molar-refractivity contribution in [3.05, 3.63) is 92.9 Å². The maximum atomic E-state index is 13.9. The molecule has 0 unspecified atom stereocenters. The number of amides is 3. The standard InChI is InChI=1S/C34H35ClN6O5/c1-19-23-14-15-27(25(23)13-12-24(19)34(45)46)40-33(44)29-16-28(32(43)36-17-20-6-4-2-3-5-7-20)39-30-26(18-37-41(29)30)31(42)38-22-10-8-21(35)9-11-22/h8-13,16,18,20,27H,2-7,14-15,17H2,1H3,(H,36,43)(H,38,42)(H,40,44)(H,45,46)/t27-/m0/s1. The van der Waals surface area contributed by atoms with Crippen LogP contribution in [0.1, 0.15) is 109 Å². The van der Waals surface area contributed by atoms with Gasteiger partial charge in [0.15, 0.2) is 5.65 Å². The van der Waals surface area contributed by atoms with Crippen LogP contribution in [0.2, 0.25) is 5.02 Å². The van der Waals surface area contributed by atoms with Gasteiger partial charge in [0.2, 0.25) is 0 Å². The highest BCUT2D eigenvalue weighted by atomic mass is 35.5.